The van der Waals surface area contributed by atoms with Gasteiger partial charge in [-0.25, -0.2) is 0 Å². The number of hydrogen-bond acceptors (Lipinski definition) is 3. The zero-order chi connectivity index (χ0) is 15.5. The molecule has 1 saturated heterocycles. The molecule has 2 atom stereocenters. The van der Waals surface area contributed by atoms with Gasteiger partial charge in [-0.3, -0.25) is 14.4 Å². The Morgan fingerprint density at radius 1 is 1.35 bits per heavy atom. The molecule has 2 N–H and O–H groups in total. The predicted molar refractivity (Wildman–Crippen MR) is 74.0 cm³/mol. The van der Waals surface area contributed by atoms with Crippen molar-refractivity contribution >= 4 is 17.8 Å². The van der Waals surface area contributed by atoms with Crippen LogP contribution in [0.25, 0.3) is 0 Å². The summed E-state index contributed by atoms with van der Waals surface area (Å²) in [5.41, 5.74) is -0.517. The van der Waals surface area contributed by atoms with E-state index in [4.69, 9.17) is 5.11 Å². The Labute approximate surface area is 119 Å². The molecule has 0 radical (unpaired) electrons. The molecule has 1 rings (SSSR count). The summed E-state index contributed by atoms with van der Waals surface area (Å²) >= 11 is 0. The molecule has 0 aromatic rings. The molecule has 2 unspecified atom stereocenters. The first kappa shape index (κ1) is 16.5. The molecular formula is C14H24N2O4. The monoisotopic (exact) mass is 284 g/mol. The minimum absolute atomic E-state index is 0.0403. The zero-order valence-electron chi connectivity index (χ0n) is 12.6. The van der Waals surface area contributed by atoms with Crippen LogP contribution in [0.1, 0.15) is 40.5 Å². The molecule has 1 heterocycles. The van der Waals surface area contributed by atoms with E-state index < -0.39 is 23.3 Å². The normalized spacial score (nSPS) is 20.6. The van der Waals surface area contributed by atoms with Crippen molar-refractivity contribution in [3.05, 3.63) is 0 Å². The van der Waals surface area contributed by atoms with Crippen molar-refractivity contribution in [1.29, 1.82) is 0 Å². The van der Waals surface area contributed by atoms with Crippen LogP contribution in [0.15, 0.2) is 0 Å². The van der Waals surface area contributed by atoms with Gasteiger partial charge in [-0.2, -0.15) is 0 Å². The highest BCUT2D eigenvalue weighted by Crippen LogP contribution is 2.25. The number of nitrogens with one attached hydrogen (secondary N) is 1. The van der Waals surface area contributed by atoms with Crippen LogP contribution in [0.4, 0.5) is 0 Å². The van der Waals surface area contributed by atoms with Crippen molar-refractivity contribution in [1.82, 2.24) is 10.2 Å². The summed E-state index contributed by atoms with van der Waals surface area (Å²) in [6.07, 6.45) is 1.43. The number of carbonyl (C=O) groups is 3. The molecule has 1 fully saturated rings. The fourth-order valence-electron chi connectivity index (χ4n) is 2.17. The topological polar surface area (TPSA) is 86.7 Å². The molecule has 0 aromatic heterocycles. The number of likely N-dealkylation sites (tertiary alicyclic amines) is 1. The van der Waals surface area contributed by atoms with Crippen molar-refractivity contribution in [2.45, 2.75) is 46.6 Å². The molecule has 0 bridgehead atoms. The third kappa shape index (κ3) is 3.95. The highest BCUT2D eigenvalue weighted by Gasteiger charge is 2.38. The predicted octanol–water partition coefficient (Wildman–Crippen LogP) is 0.860. The summed E-state index contributed by atoms with van der Waals surface area (Å²) in [6, 6.07) is -0.470. The Balaban J connectivity index is 2.63. The second-order valence-electron chi connectivity index (χ2n) is 6.39. The van der Waals surface area contributed by atoms with Crippen molar-refractivity contribution in [2.24, 2.45) is 11.3 Å². The number of hydrogen-bond donors (Lipinski definition) is 2. The molecule has 114 valence electrons. The summed E-state index contributed by atoms with van der Waals surface area (Å²) in [5, 5.41) is 11.4. The standard InChI is InChI=1S/C14H24N2O4/c1-9(12(18)19)8-15-11(17)10-6-5-7-16(10)13(20)14(2,3)4/h9-10H,5-8H2,1-4H3,(H,15,17)(H,18,19). The highest BCUT2D eigenvalue weighted by atomic mass is 16.4. The molecule has 0 saturated carbocycles. The maximum atomic E-state index is 12.3. The van der Waals surface area contributed by atoms with Crippen LogP contribution in [0, 0.1) is 11.3 Å². The molecule has 1 aliphatic heterocycles. The first-order chi connectivity index (χ1) is 9.14. The average Bonchev–Trinajstić information content (AvgIpc) is 2.81. The lowest BCUT2D eigenvalue weighted by atomic mass is 9.94. The third-order valence-corrected chi connectivity index (χ3v) is 3.46. The van der Waals surface area contributed by atoms with Gasteiger partial charge in [0.25, 0.3) is 0 Å². The van der Waals surface area contributed by atoms with E-state index in [9.17, 15) is 14.4 Å². The van der Waals surface area contributed by atoms with E-state index in [2.05, 4.69) is 5.32 Å². The number of carbonyl (C=O) groups excluding carboxylic acids is 2. The van der Waals surface area contributed by atoms with Crippen molar-refractivity contribution in [3.63, 3.8) is 0 Å². The molecule has 2 amide bonds. The minimum Gasteiger partial charge on any atom is -0.481 e. The Bertz CT molecular complexity index is 400. The Hall–Kier alpha value is -1.59. The molecule has 6 heteroatoms. The maximum Gasteiger partial charge on any atom is 0.308 e. The van der Waals surface area contributed by atoms with Crippen LogP contribution in [-0.4, -0.2) is 46.9 Å². The van der Waals surface area contributed by atoms with Gasteiger partial charge in [0.05, 0.1) is 5.92 Å². The Morgan fingerprint density at radius 2 is 1.95 bits per heavy atom. The van der Waals surface area contributed by atoms with Gasteiger partial charge in [0.1, 0.15) is 6.04 Å². The van der Waals surface area contributed by atoms with Crippen molar-refractivity contribution in [2.75, 3.05) is 13.1 Å². The van der Waals surface area contributed by atoms with E-state index in [0.29, 0.717) is 13.0 Å². The van der Waals surface area contributed by atoms with E-state index in [0.717, 1.165) is 6.42 Å². The smallest absolute Gasteiger partial charge is 0.308 e. The lowest BCUT2D eigenvalue weighted by Gasteiger charge is -2.30. The fraction of sp³-hybridized carbons (Fsp3) is 0.786. The fourth-order valence-corrected chi connectivity index (χ4v) is 2.17. The van der Waals surface area contributed by atoms with Gasteiger partial charge in [0, 0.05) is 18.5 Å². The number of carboxylic acid groups (broad SMARTS) is 1. The second-order valence-corrected chi connectivity index (χ2v) is 6.39. The number of nitrogens with zero attached hydrogens (tertiary/aromatic N) is 1. The van der Waals surface area contributed by atoms with Crippen LogP contribution in [0.5, 0.6) is 0 Å². The van der Waals surface area contributed by atoms with Gasteiger partial charge in [0.2, 0.25) is 11.8 Å². The number of rotatable bonds is 4. The first-order valence-electron chi connectivity index (χ1n) is 6.96. The molecule has 0 aromatic carbocycles. The molecule has 0 spiro atoms. The SMILES string of the molecule is CC(CNC(=O)C1CCCN1C(=O)C(C)(C)C)C(=O)O. The van der Waals surface area contributed by atoms with Crippen LogP contribution < -0.4 is 5.32 Å². The average molecular weight is 284 g/mol. The second kappa shape index (κ2) is 6.24. The molecule has 1 aliphatic rings. The first-order valence-corrected chi connectivity index (χ1v) is 6.96. The largest absolute Gasteiger partial charge is 0.481 e. The zero-order valence-corrected chi connectivity index (χ0v) is 12.6. The number of amides is 2. The lowest BCUT2D eigenvalue weighted by molar-refractivity contribution is -0.145. The van der Waals surface area contributed by atoms with E-state index in [1.807, 2.05) is 20.8 Å². The van der Waals surface area contributed by atoms with Crippen LogP contribution in [0.2, 0.25) is 0 Å². The van der Waals surface area contributed by atoms with Gasteiger partial charge in [-0.15, -0.1) is 0 Å². The molecular weight excluding hydrogens is 260 g/mol. The van der Waals surface area contributed by atoms with Gasteiger partial charge < -0.3 is 15.3 Å². The minimum atomic E-state index is -0.945. The molecule has 6 nitrogen and oxygen atoms in total. The summed E-state index contributed by atoms with van der Waals surface area (Å²) < 4.78 is 0. The quantitative estimate of drug-likeness (QED) is 0.801. The molecule has 0 aliphatic carbocycles. The number of carboxylic acids is 1. The Morgan fingerprint density at radius 3 is 2.45 bits per heavy atom. The van der Waals surface area contributed by atoms with Gasteiger partial charge >= 0.3 is 5.97 Å². The number of aliphatic carboxylic acids is 1. The van der Waals surface area contributed by atoms with E-state index in [1.54, 1.807) is 4.90 Å². The van der Waals surface area contributed by atoms with Crippen molar-refractivity contribution < 1.29 is 19.5 Å². The van der Waals surface area contributed by atoms with E-state index in [-0.39, 0.29) is 18.4 Å². The van der Waals surface area contributed by atoms with Gasteiger partial charge in [-0.05, 0) is 12.8 Å². The van der Waals surface area contributed by atoms with Gasteiger partial charge in [-0.1, -0.05) is 27.7 Å². The van der Waals surface area contributed by atoms with Crippen LogP contribution in [0.3, 0.4) is 0 Å². The summed E-state index contributed by atoms with van der Waals surface area (Å²) in [5.74, 6) is -1.87. The summed E-state index contributed by atoms with van der Waals surface area (Å²) in [4.78, 5) is 36.7. The highest BCUT2D eigenvalue weighted by molar-refractivity contribution is 5.90. The Kier molecular flexibility index (Phi) is 5.14. The lowest BCUT2D eigenvalue weighted by Crippen LogP contribution is -2.50. The van der Waals surface area contributed by atoms with Crippen molar-refractivity contribution in [3.8, 4) is 0 Å². The third-order valence-electron chi connectivity index (χ3n) is 3.46. The maximum absolute atomic E-state index is 12.3. The van der Waals surface area contributed by atoms with Gasteiger partial charge in [0.15, 0.2) is 0 Å². The van der Waals surface area contributed by atoms with Crippen LogP contribution >= 0.6 is 0 Å². The summed E-state index contributed by atoms with van der Waals surface area (Å²) in [6.45, 7) is 7.69. The van der Waals surface area contributed by atoms with Crippen LogP contribution in [-0.2, 0) is 14.4 Å². The molecule has 20 heavy (non-hydrogen) atoms. The summed E-state index contributed by atoms with van der Waals surface area (Å²) in [7, 11) is 0. The van der Waals surface area contributed by atoms with E-state index >= 15 is 0 Å². The van der Waals surface area contributed by atoms with E-state index in [1.165, 1.54) is 6.92 Å².